The minimum Gasteiger partial charge on any atom is -0.495 e. The Kier molecular flexibility index (Phi) is 3.78. The van der Waals surface area contributed by atoms with Crippen molar-refractivity contribution in [3.63, 3.8) is 0 Å². The summed E-state index contributed by atoms with van der Waals surface area (Å²) < 4.78 is 10.2. The van der Waals surface area contributed by atoms with Gasteiger partial charge in [0, 0.05) is 6.20 Å². The first-order valence-corrected chi connectivity index (χ1v) is 6.06. The maximum atomic E-state index is 11.8. The van der Waals surface area contributed by atoms with Crippen LogP contribution in [0.5, 0.6) is 5.75 Å². The summed E-state index contributed by atoms with van der Waals surface area (Å²) in [6.07, 6.45) is 1.67. The van der Waals surface area contributed by atoms with Gasteiger partial charge < -0.3 is 15.2 Å². The standard InChI is InChI=1S/C12H12N2O3S/c1-16-11-4-8(2-3-10(11)13)12(15)17-6-9-5-14-7-18-9/h2-5,7H,6,13H2,1H3. The molecule has 1 aromatic heterocycles. The predicted molar refractivity (Wildman–Crippen MR) is 68.6 cm³/mol. The first kappa shape index (κ1) is 12.4. The van der Waals surface area contributed by atoms with Crippen molar-refractivity contribution in [2.45, 2.75) is 6.61 Å². The first-order valence-electron chi connectivity index (χ1n) is 5.18. The molecule has 0 amide bonds. The van der Waals surface area contributed by atoms with Gasteiger partial charge in [-0.2, -0.15) is 0 Å². The normalized spacial score (nSPS) is 10.1. The highest BCUT2D eigenvalue weighted by Gasteiger charge is 2.10. The lowest BCUT2D eigenvalue weighted by Crippen LogP contribution is -2.05. The maximum absolute atomic E-state index is 11.8. The van der Waals surface area contributed by atoms with Gasteiger partial charge in [0.15, 0.2) is 0 Å². The van der Waals surface area contributed by atoms with Crippen LogP contribution in [-0.2, 0) is 11.3 Å². The van der Waals surface area contributed by atoms with Crippen LogP contribution in [0, 0.1) is 0 Å². The summed E-state index contributed by atoms with van der Waals surface area (Å²) >= 11 is 1.44. The van der Waals surface area contributed by atoms with Gasteiger partial charge in [0.05, 0.1) is 28.7 Å². The number of ether oxygens (including phenoxy) is 2. The van der Waals surface area contributed by atoms with Gasteiger partial charge in [0.1, 0.15) is 12.4 Å². The topological polar surface area (TPSA) is 74.4 Å². The van der Waals surface area contributed by atoms with Crippen molar-refractivity contribution in [2.75, 3.05) is 12.8 Å². The molecular formula is C12H12N2O3S. The summed E-state index contributed by atoms with van der Waals surface area (Å²) in [5, 5.41) is 0. The van der Waals surface area contributed by atoms with Crippen molar-refractivity contribution in [3.8, 4) is 5.75 Å². The largest absolute Gasteiger partial charge is 0.495 e. The Labute approximate surface area is 108 Å². The van der Waals surface area contributed by atoms with Crippen LogP contribution in [0.25, 0.3) is 0 Å². The van der Waals surface area contributed by atoms with Crippen molar-refractivity contribution >= 4 is 23.0 Å². The molecule has 0 fully saturated rings. The highest BCUT2D eigenvalue weighted by molar-refractivity contribution is 7.09. The molecule has 94 valence electrons. The summed E-state index contributed by atoms with van der Waals surface area (Å²) in [6, 6.07) is 4.78. The minimum absolute atomic E-state index is 0.218. The van der Waals surface area contributed by atoms with Crippen LogP contribution in [0.1, 0.15) is 15.2 Å². The lowest BCUT2D eigenvalue weighted by molar-refractivity contribution is 0.0476. The van der Waals surface area contributed by atoms with E-state index in [2.05, 4.69) is 4.98 Å². The zero-order valence-electron chi connectivity index (χ0n) is 9.75. The fourth-order valence-electron chi connectivity index (χ4n) is 1.37. The van der Waals surface area contributed by atoms with Crippen LogP contribution in [0.15, 0.2) is 29.9 Å². The summed E-state index contributed by atoms with van der Waals surface area (Å²) in [5.74, 6) is 0.0453. The Bertz CT molecular complexity index is 540. The molecule has 0 atom stereocenters. The Morgan fingerprint density at radius 2 is 2.33 bits per heavy atom. The van der Waals surface area contributed by atoms with Crippen molar-refractivity contribution in [1.29, 1.82) is 0 Å². The number of esters is 1. The number of carbonyl (C=O) groups excluding carboxylic acids is 1. The molecule has 0 radical (unpaired) electrons. The first-order chi connectivity index (χ1) is 8.70. The average Bonchev–Trinajstić information content (AvgIpc) is 2.89. The highest BCUT2D eigenvalue weighted by atomic mass is 32.1. The monoisotopic (exact) mass is 264 g/mol. The zero-order chi connectivity index (χ0) is 13.0. The molecule has 0 aliphatic heterocycles. The molecule has 0 saturated heterocycles. The Morgan fingerprint density at radius 3 is 3.00 bits per heavy atom. The number of nitrogens with two attached hydrogens (primary N) is 1. The van der Waals surface area contributed by atoms with E-state index in [0.717, 1.165) is 4.88 Å². The number of benzene rings is 1. The van der Waals surface area contributed by atoms with Gasteiger partial charge >= 0.3 is 5.97 Å². The van der Waals surface area contributed by atoms with E-state index in [4.69, 9.17) is 15.2 Å². The molecule has 2 rings (SSSR count). The number of hydrogen-bond donors (Lipinski definition) is 1. The molecule has 0 unspecified atom stereocenters. The van der Waals surface area contributed by atoms with Crippen LogP contribution >= 0.6 is 11.3 Å². The molecule has 0 aliphatic rings. The quantitative estimate of drug-likeness (QED) is 0.676. The van der Waals surface area contributed by atoms with Crippen molar-refractivity contribution < 1.29 is 14.3 Å². The minimum atomic E-state index is -0.415. The SMILES string of the molecule is COc1cc(C(=O)OCc2cncs2)ccc1N. The summed E-state index contributed by atoms with van der Waals surface area (Å²) in [4.78, 5) is 16.6. The van der Waals surface area contributed by atoms with Gasteiger partial charge in [-0.1, -0.05) is 0 Å². The number of methoxy groups -OCH3 is 1. The molecule has 18 heavy (non-hydrogen) atoms. The summed E-state index contributed by atoms with van der Waals surface area (Å²) in [7, 11) is 1.50. The van der Waals surface area contributed by atoms with E-state index >= 15 is 0 Å². The molecular weight excluding hydrogens is 252 g/mol. The lowest BCUT2D eigenvalue weighted by atomic mass is 10.2. The van der Waals surface area contributed by atoms with Crippen LogP contribution < -0.4 is 10.5 Å². The number of rotatable bonds is 4. The predicted octanol–water partition coefficient (Wildman–Crippen LogP) is 2.09. The number of nitrogens with zero attached hydrogens (tertiary/aromatic N) is 1. The average molecular weight is 264 g/mol. The van der Waals surface area contributed by atoms with E-state index in [1.807, 2.05) is 0 Å². The van der Waals surface area contributed by atoms with Gasteiger partial charge in [-0.15, -0.1) is 11.3 Å². The number of thiazole rings is 1. The van der Waals surface area contributed by atoms with E-state index in [1.54, 1.807) is 29.9 Å². The molecule has 6 heteroatoms. The molecule has 0 saturated carbocycles. The van der Waals surface area contributed by atoms with Crippen LogP contribution in [-0.4, -0.2) is 18.1 Å². The Balaban J connectivity index is 2.04. The second-order valence-corrected chi connectivity index (χ2v) is 4.47. The Hall–Kier alpha value is -2.08. The maximum Gasteiger partial charge on any atom is 0.338 e. The van der Waals surface area contributed by atoms with Gasteiger partial charge in [-0.3, -0.25) is 4.98 Å². The van der Waals surface area contributed by atoms with Crippen LogP contribution in [0.2, 0.25) is 0 Å². The molecule has 0 aliphatic carbocycles. The van der Waals surface area contributed by atoms with Gasteiger partial charge in [-0.05, 0) is 18.2 Å². The number of anilines is 1. The molecule has 2 aromatic rings. The summed E-state index contributed by atoms with van der Waals surface area (Å²) in [5.41, 5.74) is 8.25. The summed E-state index contributed by atoms with van der Waals surface area (Å²) in [6.45, 7) is 0.218. The fourth-order valence-corrected chi connectivity index (χ4v) is 1.88. The molecule has 5 nitrogen and oxygen atoms in total. The molecule has 0 spiro atoms. The van der Waals surface area contributed by atoms with E-state index in [-0.39, 0.29) is 6.61 Å². The molecule has 2 N–H and O–H groups in total. The fraction of sp³-hybridized carbons (Fsp3) is 0.167. The number of aromatic nitrogens is 1. The smallest absolute Gasteiger partial charge is 0.338 e. The van der Waals surface area contributed by atoms with E-state index in [9.17, 15) is 4.79 Å². The van der Waals surface area contributed by atoms with Crippen molar-refractivity contribution in [1.82, 2.24) is 4.98 Å². The van der Waals surface area contributed by atoms with E-state index < -0.39 is 5.97 Å². The molecule has 1 aromatic carbocycles. The van der Waals surface area contributed by atoms with Gasteiger partial charge in [0.25, 0.3) is 0 Å². The highest BCUT2D eigenvalue weighted by Crippen LogP contribution is 2.22. The third kappa shape index (κ3) is 2.78. The molecule has 0 bridgehead atoms. The van der Waals surface area contributed by atoms with Crippen LogP contribution in [0.3, 0.4) is 0 Å². The zero-order valence-corrected chi connectivity index (χ0v) is 10.6. The van der Waals surface area contributed by atoms with Gasteiger partial charge in [-0.25, -0.2) is 4.79 Å². The second-order valence-electron chi connectivity index (χ2n) is 3.50. The van der Waals surface area contributed by atoms with E-state index in [1.165, 1.54) is 18.4 Å². The third-order valence-corrected chi connectivity index (χ3v) is 3.05. The molecule has 1 heterocycles. The van der Waals surface area contributed by atoms with E-state index in [0.29, 0.717) is 17.0 Å². The number of nitrogen functional groups attached to an aromatic ring is 1. The number of hydrogen-bond acceptors (Lipinski definition) is 6. The third-order valence-electron chi connectivity index (χ3n) is 2.30. The van der Waals surface area contributed by atoms with Crippen LogP contribution in [0.4, 0.5) is 5.69 Å². The van der Waals surface area contributed by atoms with Crippen molar-refractivity contribution in [2.24, 2.45) is 0 Å². The van der Waals surface area contributed by atoms with Crippen molar-refractivity contribution in [3.05, 3.63) is 40.3 Å². The second kappa shape index (κ2) is 5.50. The Morgan fingerprint density at radius 1 is 1.50 bits per heavy atom. The van der Waals surface area contributed by atoms with Gasteiger partial charge in [0.2, 0.25) is 0 Å². The number of carbonyl (C=O) groups is 1. The lowest BCUT2D eigenvalue weighted by Gasteiger charge is -2.07.